The first-order chi connectivity index (χ1) is 11.3. The molecule has 24 heavy (non-hydrogen) atoms. The molecule has 0 spiro atoms. The summed E-state index contributed by atoms with van der Waals surface area (Å²) in [5.41, 5.74) is 0.937. The van der Waals surface area contributed by atoms with Crippen molar-refractivity contribution in [2.24, 2.45) is 5.92 Å². The van der Waals surface area contributed by atoms with Crippen LogP contribution in [0, 0.1) is 5.92 Å². The van der Waals surface area contributed by atoms with Crippen molar-refractivity contribution in [3.05, 3.63) is 34.3 Å². The Morgan fingerprint density at radius 2 is 1.71 bits per heavy atom. The zero-order valence-corrected chi connectivity index (χ0v) is 17.2. The summed E-state index contributed by atoms with van der Waals surface area (Å²) in [6.45, 7) is 8.19. The number of rotatable bonds is 10. The highest BCUT2D eigenvalue weighted by atomic mass is 79.9. The van der Waals surface area contributed by atoms with Crippen molar-refractivity contribution >= 4 is 29.4 Å². The number of nitrogens with one attached hydrogen (secondary N) is 1. The van der Waals surface area contributed by atoms with E-state index >= 15 is 0 Å². The van der Waals surface area contributed by atoms with Crippen molar-refractivity contribution in [2.45, 2.75) is 40.0 Å². The lowest BCUT2D eigenvalue weighted by molar-refractivity contribution is -0.122. The van der Waals surface area contributed by atoms with E-state index in [9.17, 15) is 9.36 Å². The summed E-state index contributed by atoms with van der Waals surface area (Å²) >= 11 is 3.40. The fourth-order valence-electron chi connectivity index (χ4n) is 2.38. The smallest absolute Gasteiger partial charge is 0.344 e. The average Bonchev–Trinajstić information content (AvgIpc) is 2.52. The number of hydrogen-bond acceptors (Lipinski definition) is 4. The van der Waals surface area contributed by atoms with Gasteiger partial charge in [0, 0.05) is 4.47 Å². The first kappa shape index (κ1) is 21.4. The van der Waals surface area contributed by atoms with Crippen LogP contribution < -0.4 is 5.32 Å². The number of carbonyl (C=O) groups is 1. The van der Waals surface area contributed by atoms with E-state index in [1.54, 1.807) is 13.8 Å². The van der Waals surface area contributed by atoms with E-state index in [1.165, 1.54) is 0 Å². The molecule has 1 aromatic rings. The molecule has 0 saturated carbocycles. The highest BCUT2D eigenvalue weighted by molar-refractivity contribution is 9.10. The Hall–Kier alpha value is -0.680. The van der Waals surface area contributed by atoms with Gasteiger partial charge in [0.2, 0.25) is 5.91 Å². The van der Waals surface area contributed by atoms with Crippen molar-refractivity contribution in [3.63, 3.8) is 0 Å². The van der Waals surface area contributed by atoms with E-state index in [-0.39, 0.29) is 31.3 Å². The van der Waals surface area contributed by atoms with E-state index < -0.39 is 7.60 Å². The number of benzene rings is 1. The first-order valence-electron chi connectivity index (χ1n) is 8.22. The first-order valence-corrected chi connectivity index (χ1v) is 10.7. The summed E-state index contributed by atoms with van der Waals surface area (Å²) in [5, 5.41) is 2.75. The molecule has 0 radical (unpaired) electrons. The van der Waals surface area contributed by atoms with E-state index in [1.807, 2.05) is 24.3 Å². The lowest BCUT2D eigenvalue weighted by Crippen LogP contribution is -2.31. The highest BCUT2D eigenvalue weighted by Gasteiger charge is 2.27. The minimum Gasteiger partial charge on any atom is -0.344 e. The van der Waals surface area contributed by atoms with Gasteiger partial charge in [0.05, 0.1) is 19.1 Å². The molecule has 0 aliphatic carbocycles. The number of hydrogen-bond donors (Lipinski definition) is 1. The Morgan fingerprint density at radius 1 is 1.17 bits per heavy atom. The number of amides is 1. The molecule has 136 valence electrons. The summed E-state index contributed by atoms with van der Waals surface area (Å²) in [5.74, 6) is -0.101. The molecule has 1 N–H and O–H groups in total. The predicted molar refractivity (Wildman–Crippen MR) is 100 cm³/mol. The van der Waals surface area contributed by atoms with Crippen molar-refractivity contribution in [2.75, 3.05) is 19.5 Å². The third kappa shape index (κ3) is 7.06. The molecule has 5 nitrogen and oxygen atoms in total. The molecule has 0 fully saturated rings. The van der Waals surface area contributed by atoms with Crippen LogP contribution in [0.15, 0.2) is 28.7 Å². The largest absolute Gasteiger partial charge is 0.349 e. The van der Waals surface area contributed by atoms with Gasteiger partial charge in [0.1, 0.15) is 6.29 Å². The van der Waals surface area contributed by atoms with Crippen molar-refractivity contribution in [1.29, 1.82) is 0 Å². The molecule has 1 atom stereocenters. The minimum atomic E-state index is -3.29. The van der Waals surface area contributed by atoms with Crippen LogP contribution >= 0.6 is 23.5 Å². The van der Waals surface area contributed by atoms with Crippen LogP contribution in [-0.4, -0.2) is 25.4 Å². The molecule has 1 rings (SSSR count). The van der Waals surface area contributed by atoms with Gasteiger partial charge < -0.3 is 14.4 Å². The molecule has 0 saturated heterocycles. The molecular weight excluding hydrogens is 393 g/mol. The van der Waals surface area contributed by atoms with Gasteiger partial charge in [-0.05, 0) is 43.9 Å². The van der Waals surface area contributed by atoms with Crippen LogP contribution in [-0.2, 0) is 18.4 Å². The normalized spacial score (nSPS) is 13.1. The Labute approximate surface area is 153 Å². The molecule has 0 bridgehead atoms. The quantitative estimate of drug-likeness (QED) is 0.546. The molecule has 0 aromatic heterocycles. The lowest BCUT2D eigenvalue weighted by Gasteiger charge is -2.22. The van der Waals surface area contributed by atoms with Crippen molar-refractivity contribution < 1.29 is 18.4 Å². The van der Waals surface area contributed by atoms with Crippen molar-refractivity contribution in [3.8, 4) is 0 Å². The van der Waals surface area contributed by atoms with Gasteiger partial charge in [-0.1, -0.05) is 41.9 Å². The highest BCUT2D eigenvalue weighted by Crippen LogP contribution is 2.46. The monoisotopic (exact) mass is 419 g/mol. The molecule has 1 unspecified atom stereocenters. The van der Waals surface area contributed by atoms with E-state index in [0.29, 0.717) is 12.3 Å². The third-order valence-electron chi connectivity index (χ3n) is 3.39. The molecule has 0 aliphatic heterocycles. The van der Waals surface area contributed by atoms with Gasteiger partial charge in [0.15, 0.2) is 0 Å². The molecule has 1 aromatic carbocycles. The summed E-state index contributed by atoms with van der Waals surface area (Å²) in [6.07, 6.45) is 0.597. The summed E-state index contributed by atoms with van der Waals surface area (Å²) in [6, 6.07) is 7.70. The number of carbonyl (C=O) groups excluding carboxylic acids is 1. The van der Waals surface area contributed by atoms with E-state index in [2.05, 4.69) is 35.1 Å². The molecule has 0 heterocycles. The van der Waals surface area contributed by atoms with Gasteiger partial charge in [-0.2, -0.15) is 0 Å². The third-order valence-corrected chi connectivity index (χ3v) is 5.77. The maximum atomic E-state index is 12.7. The van der Waals surface area contributed by atoms with Gasteiger partial charge in [-0.15, -0.1) is 0 Å². The topological polar surface area (TPSA) is 64.6 Å². The Balaban J connectivity index is 2.84. The van der Waals surface area contributed by atoms with E-state index in [4.69, 9.17) is 9.05 Å². The fraction of sp³-hybridized carbons (Fsp3) is 0.588. The molecule has 7 heteroatoms. The van der Waals surface area contributed by atoms with Gasteiger partial charge >= 0.3 is 7.60 Å². The Kier molecular flexibility index (Phi) is 9.21. The summed E-state index contributed by atoms with van der Waals surface area (Å²) < 4.78 is 23.9. The molecule has 1 amide bonds. The SMILES string of the molecule is CCOP(=O)(CNC(=O)C(CC(C)C)c1ccc(Br)cc1)OCC. The van der Waals surface area contributed by atoms with Gasteiger partial charge in [-0.25, -0.2) is 0 Å². The van der Waals surface area contributed by atoms with Crippen LogP contribution in [0.25, 0.3) is 0 Å². The van der Waals surface area contributed by atoms with Gasteiger partial charge in [-0.3, -0.25) is 9.36 Å². The molecule has 0 aliphatic rings. The second-order valence-electron chi connectivity index (χ2n) is 5.88. The Morgan fingerprint density at radius 3 is 2.17 bits per heavy atom. The maximum Gasteiger partial charge on any atom is 0.349 e. The predicted octanol–water partition coefficient (Wildman–Crippen LogP) is 4.92. The summed E-state index contributed by atoms with van der Waals surface area (Å²) in [4.78, 5) is 12.7. The Bertz CT molecular complexity index is 552. The second kappa shape index (κ2) is 10.3. The van der Waals surface area contributed by atoms with Crippen LogP contribution in [0.2, 0.25) is 0 Å². The van der Waals surface area contributed by atoms with Crippen LogP contribution in [0.1, 0.15) is 45.6 Å². The second-order valence-corrected chi connectivity index (χ2v) is 8.85. The average molecular weight is 420 g/mol. The number of halogens is 1. The fourth-order valence-corrected chi connectivity index (χ4v) is 4.04. The van der Waals surface area contributed by atoms with Crippen LogP contribution in [0.5, 0.6) is 0 Å². The van der Waals surface area contributed by atoms with Crippen molar-refractivity contribution in [1.82, 2.24) is 5.32 Å². The van der Waals surface area contributed by atoms with Crippen LogP contribution in [0.3, 0.4) is 0 Å². The summed E-state index contributed by atoms with van der Waals surface area (Å²) in [7, 11) is -3.29. The zero-order chi connectivity index (χ0) is 18.2. The van der Waals surface area contributed by atoms with Crippen LogP contribution in [0.4, 0.5) is 0 Å². The standard InChI is InChI=1S/C17H27BrNO4P/c1-5-22-24(21,23-6-2)12-19-17(20)16(11-13(3)4)14-7-9-15(18)10-8-14/h7-10,13,16H,5-6,11-12H2,1-4H3,(H,19,20). The molecular formula is C17H27BrNO4P. The minimum absolute atomic E-state index is 0.112. The lowest BCUT2D eigenvalue weighted by atomic mass is 9.89. The zero-order valence-electron chi connectivity index (χ0n) is 14.8. The van der Waals surface area contributed by atoms with E-state index in [0.717, 1.165) is 10.0 Å². The van der Waals surface area contributed by atoms with Gasteiger partial charge in [0.25, 0.3) is 0 Å². The maximum absolute atomic E-state index is 12.7.